The zero-order chi connectivity index (χ0) is 15.0. The number of halogens is 2. The van der Waals surface area contributed by atoms with Gasteiger partial charge in [0.2, 0.25) is 5.75 Å². The van der Waals surface area contributed by atoms with Crippen molar-refractivity contribution in [3.05, 3.63) is 17.7 Å². The average Bonchev–Trinajstić information content (AvgIpc) is 2.78. The molecule has 1 aromatic carbocycles. The van der Waals surface area contributed by atoms with Gasteiger partial charge in [0, 0.05) is 24.3 Å². The lowest BCUT2D eigenvalue weighted by Gasteiger charge is -2.31. The summed E-state index contributed by atoms with van der Waals surface area (Å²) >= 11 is 1.75. The van der Waals surface area contributed by atoms with Gasteiger partial charge < -0.3 is 24.4 Å². The molecule has 2 aliphatic heterocycles. The average molecular weight is 320 g/mol. The fourth-order valence-corrected chi connectivity index (χ4v) is 3.55. The second-order valence-electron chi connectivity index (χ2n) is 4.79. The van der Waals surface area contributed by atoms with Gasteiger partial charge in [-0.1, -0.05) is 0 Å². The second-order valence-corrected chi connectivity index (χ2v) is 6.02. The Hall–Kier alpha value is -1.25. The summed E-state index contributed by atoms with van der Waals surface area (Å²) in [4.78, 5) is 0. The Morgan fingerprint density at radius 3 is 2.43 bits per heavy atom. The van der Waals surface area contributed by atoms with E-state index in [0.717, 1.165) is 11.5 Å². The lowest BCUT2D eigenvalue weighted by molar-refractivity contribution is -0.0922. The maximum atomic E-state index is 12.5. The molecule has 2 N–H and O–H groups in total. The van der Waals surface area contributed by atoms with E-state index in [9.17, 15) is 19.0 Å². The van der Waals surface area contributed by atoms with Crippen LogP contribution in [0.15, 0.2) is 12.1 Å². The molecule has 5 nitrogen and oxygen atoms in total. The number of hydrogen-bond acceptors (Lipinski definition) is 6. The van der Waals surface area contributed by atoms with Gasteiger partial charge in [-0.25, -0.2) is 0 Å². The zero-order valence-electron chi connectivity index (χ0n) is 10.9. The van der Waals surface area contributed by atoms with Gasteiger partial charge in [-0.3, -0.25) is 0 Å². The standard InChI is InChI=1S/C13H14F2O5S/c14-12(15)18-8-2-1-7(11(16)17)9-10(8)20-13(19-9)3-5-21-6-4-13/h1-2,11-12,16-17H,3-6H2. The summed E-state index contributed by atoms with van der Waals surface area (Å²) in [5.74, 6) is 0.604. The summed E-state index contributed by atoms with van der Waals surface area (Å²) < 4.78 is 40.9. The van der Waals surface area contributed by atoms with Crippen LogP contribution in [0.4, 0.5) is 8.78 Å². The zero-order valence-corrected chi connectivity index (χ0v) is 11.7. The van der Waals surface area contributed by atoms with Crippen molar-refractivity contribution < 1.29 is 33.2 Å². The summed E-state index contributed by atoms with van der Waals surface area (Å²) in [6.45, 7) is -3.00. The molecule has 0 aliphatic carbocycles. The molecule has 0 atom stereocenters. The highest BCUT2D eigenvalue weighted by Gasteiger charge is 2.46. The van der Waals surface area contributed by atoms with Gasteiger partial charge in [0.15, 0.2) is 17.8 Å². The van der Waals surface area contributed by atoms with E-state index < -0.39 is 18.7 Å². The fraction of sp³-hybridized carbons (Fsp3) is 0.538. The third-order valence-corrected chi connectivity index (χ3v) is 4.42. The van der Waals surface area contributed by atoms with Crippen molar-refractivity contribution in [2.24, 2.45) is 0 Å². The lowest BCUT2D eigenvalue weighted by atomic mass is 10.1. The van der Waals surface area contributed by atoms with Crippen LogP contribution in [0.3, 0.4) is 0 Å². The molecule has 1 spiro atoms. The summed E-state index contributed by atoms with van der Waals surface area (Å²) in [6, 6.07) is 2.50. The SMILES string of the molecule is OC(O)c1ccc(OC(F)F)c2c1OC1(CCSCC1)O2. The predicted octanol–water partition coefficient (Wildman–Crippen LogP) is 2.27. The van der Waals surface area contributed by atoms with E-state index in [1.807, 2.05) is 0 Å². The van der Waals surface area contributed by atoms with Crippen LogP contribution in [-0.4, -0.2) is 34.1 Å². The molecule has 3 rings (SSSR count). The van der Waals surface area contributed by atoms with Gasteiger partial charge in [0.25, 0.3) is 5.79 Å². The van der Waals surface area contributed by atoms with Crippen molar-refractivity contribution in [2.45, 2.75) is 31.5 Å². The Labute approximate surface area is 123 Å². The Morgan fingerprint density at radius 2 is 1.81 bits per heavy atom. The normalized spacial score (nSPS) is 19.5. The number of ether oxygens (including phenoxy) is 3. The molecule has 0 aromatic heterocycles. The van der Waals surface area contributed by atoms with E-state index in [0.29, 0.717) is 12.8 Å². The van der Waals surface area contributed by atoms with Crippen molar-refractivity contribution >= 4 is 11.8 Å². The Kier molecular flexibility index (Phi) is 3.85. The summed E-state index contributed by atoms with van der Waals surface area (Å²) in [5, 5.41) is 18.7. The molecule has 1 aromatic rings. The molecule has 8 heteroatoms. The third-order valence-electron chi connectivity index (χ3n) is 3.43. The van der Waals surface area contributed by atoms with Crippen molar-refractivity contribution in [1.82, 2.24) is 0 Å². The van der Waals surface area contributed by atoms with Crippen LogP contribution in [0.25, 0.3) is 0 Å². The number of fused-ring (bicyclic) bond motifs is 1. The van der Waals surface area contributed by atoms with Gasteiger partial charge in [-0.15, -0.1) is 0 Å². The van der Waals surface area contributed by atoms with Crippen LogP contribution >= 0.6 is 11.8 Å². The van der Waals surface area contributed by atoms with Crippen molar-refractivity contribution in [3.8, 4) is 17.2 Å². The number of rotatable bonds is 3. The van der Waals surface area contributed by atoms with E-state index in [-0.39, 0.29) is 22.8 Å². The molecule has 0 amide bonds. The minimum absolute atomic E-state index is 0.00722. The summed E-state index contributed by atoms with van der Waals surface area (Å²) in [5.41, 5.74) is 0.0710. The molecule has 1 saturated heterocycles. The largest absolute Gasteiger partial charge is 0.448 e. The van der Waals surface area contributed by atoms with Gasteiger partial charge in [-0.05, 0) is 12.1 Å². The van der Waals surface area contributed by atoms with Gasteiger partial charge in [-0.2, -0.15) is 20.5 Å². The summed E-state index contributed by atoms with van der Waals surface area (Å²) in [7, 11) is 0. The van der Waals surface area contributed by atoms with Crippen LogP contribution in [0.5, 0.6) is 17.2 Å². The first kappa shape index (κ1) is 14.7. The molecule has 1 fully saturated rings. The summed E-state index contributed by atoms with van der Waals surface area (Å²) in [6.07, 6.45) is -0.612. The van der Waals surface area contributed by atoms with E-state index in [4.69, 9.17) is 9.47 Å². The number of aliphatic hydroxyl groups excluding tert-OH is 1. The van der Waals surface area contributed by atoms with E-state index >= 15 is 0 Å². The van der Waals surface area contributed by atoms with Crippen LogP contribution in [0, 0.1) is 0 Å². The maximum Gasteiger partial charge on any atom is 0.387 e. The molecular formula is C13H14F2O5S. The van der Waals surface area contributed by atoms with E-state index in [1.54, 1.807) is 11.8 Å². The van der Waals surface area contributed by atoms with Crippen LogP contribution in [0.2, 0.25) is 0 Å². The lowest BCUT2D eigenvalue weighted by Crippen LogP contribution is -2.42. The third kappa shape index (κ3) is 2.75. The smallest absolute Gasteiger partial charge is 0.387 e. The molecule has 0 radical (unpaired) electrons. The molecule has 116 valence electrons. The molecule has 0 unspecified atom stereocenters. The highest BCUT2D eigenvalue weighted by Crippen LogP contribution is 2.52. The first-order chi connectivity index (χ1) is 10.0. The molecule has 2 heterocycles. The van der Waals surface area contributed by atoms with Gasteiger partial charge in [0.05, 0.1) is 5.56 Å². The quantitative estimate of drug-likeness (QED) is 0.833. The highest BCUT2D eigenvalue weighted by atomic mass is 32.2. The first-order valence-electron chi connectivity index (χ1n) is 6.44. The monoisotopic (exact) mass is 320 g/mol. The maximum absolute atomic E-state index is 12.5. The van der Waals surface area contributed by atoms with Crippen LogP contribution in [0.1, 0.15) is 24.7 Å². The van der Waals surface area contributed by atoms with Gasteiger partial charge >= 0.3 is 6.61 Å². The fourth-order valence-electron chi connectivity index (χ4n) is 2.43. The Morgan fingerprint density at radius 1 is 1.14 bits per heavy atom. The highest BCUT2D eigenvalue weighted by molar-refractivity contribution is 7.99. The molecule has 0 saturated carbocycles. The first-order valence-corrected chi connectivity index (χ1v) is 7.60. The molecule has 0 bridgehead atoms. The number of alkyl halides is 2. The Bertz CT molecular complexity index is 532. The van der Waals surface area contributed by atoms with Crippen molar-refractivity contribution in [3.63, 3.8) is 0 Å². The van der Waals surface area contributed by atoms with Crippen LogP contribution in [-0.2, 0) is 0 Å². The van der Waals surface area contributed by atoms with E-state index in [2.05, 4.69) is 4.74 Å². The second kappa shape index (κ2) is 5.51. The van der Waals surface area contributed by atoms with Crippen LogP contribution < -0.4 is 14.2 Å². The topological polar surface area (TPSA) is 68.2 Å². The van der Waals surface area contributed by atoms with E-state index in [1.165, 1.54) is 12.1 Å². The molecule has 21 heavy (non-hydrogen) atoms. The van der Waals surface area contributed by atoms with Crippen molar-refractivity contribution in [1.29, 1.82) is 0 Å². The number of benzene rings is 1. The minimum Gasteiger partial charge on any atom is -0.448 e. The molecular weight excluding hydrogens is 306 g/mol. The Balaban J connectivity index is 1.99. The number of thioether (sulfide) groups is 1. The minimum atomic E-state index is -3.00. The van der Waals surface area contributed by atoms with Gasteiger partial charge in [0.1, 0.15) is 0 Å². The number of hydrogen-bond donors (Lipinski definition) is 2. The molecule has 2 aliphatic rings. The number of aliphatic hydroxyl groups is 2. The predicted molar refractivity (Wildman–Crippen MR) is 70.8 cm³/mol. The van der Waals surface area contributed by atoms with Crippen molar-refractivity contribution in [2.75, 3.05) is 11.5 Å².